The van der Waals surface area contributed by atoms with Crippen molar-refractivity contribution in [3.8, 4) is 11.5 Å². The van der Waals surface area contributed by atoms with Crippen molar-refractivity contribution < 1.29 is 17.5 Å². The lowest BCUT2D eigenvalue weighted by Gasteiger charge is -2.11. The zero-order valence-electron chi connectivity index (χ0n) is 10.4. The molecule has 4 nitrogen and oxygen atoms in total. The van der Waals surface area contributed by atoms with Gasteiger partial charge in [0.1, 0.15) is 0 Å². The molecule has 0 aliphatic carbocycles. The molecule has 0 aromatic heterocycles. The van der Waals surface area contributed by atoms with Crippen LogP contribution in [-0.2, 0) is 9.84 Å². The molecule has 0 aliphatic heterocycles. The first-order chi connectivity index (χ1) is 9.29. The van der Waals surface area contributed by atoms with Gasteiger partial charge in [-0.25, -0.2) is 12.8 Å². The van der Waals surface area contributed by atoms with E-state index in [1.807, 2.05) is 0 Å². The fourth-order valence-electron chi connectivity index (χ4n) is 1.61. The van der Waals surface area contributed by atoms with Gasteiger partial charge in [0.05, 0.1) is 10.6 Å². The first-order valence-electron chi connectivity index (χ1n) is 5.50. The van der Waals surface area contributed by atoms with E-state index >= 15 is 0 Å². The van der Waals surface area contributed by atoms with E-state index in [4.69, 9.17) is 10.5 Å². The number of anilines is 1. The SMILES string of the molecule is CS(=O)(=O)c1cccc(Oc2ccc(Br)cc2F)c1N. The predicted octanol–water partition coefficient (Wildman–Crippen LogP) is 3.37. The Kier molecular flexibility index (Phi) is 4.01. The number of hydrogen-bond acceptors (Lipinski definition) is 4. The van der Waals surface area contributed by atoms with Crippen molar-refractivity contribution in [1.82, 2.24) is 0 Å². The maximum absolute atomic E-state index is 13.7. The van der Waals surface area contributed by atoms with E-state index in [9.17, 15) is 12.8 Å². The van der Waals surface area contributed by atoms with Crippen LogP contribution in [-0.4, -0.2) is 14.7 Å². The van der Waals surface area contributed by atoms with Gasteiger partial charge in [-0.3, -0.25) is 0 Å². The van der Waals surface area contributed by atoms with Crippen LogP contribution < -0.4 is 10.5 Å². The molecule has 0 fully saturated rings. The van der Waals surface area contributed by atoms with Crippen molar-refractivity contribution in [2.24, 2.45) is 0 Å². The summed E-state index contributed by atoms with van der Waals surface area (Å²) in [6, 6.07) is 8.60. The Morgan fingerprint density at radius 3 is 2.50 bits per heavy atom. The maximum Gasteiger partial charge on any atom is 0.177 e. The van der Waals surface area contributed by atoms with Gasteiger partial charge in [-0.1, -0.05) is 22.0 Å². The standard InChI is InChI=1S/C13H11BrFNO3S/c1-20(17,18)12-4-2-3-11(13(12)16)19-10-6-5-8(14)7-9(10)15/h2-7H,16H2,1H3. The second-order valence-corrected chi connectivity index (χ2v) is 7.02. The highest BCUT2D eigenvalue weighted by molar-refractivity contribution is 9.10. The number of hydrogen-bond donors (Lipinski definition) is 1. The van der Waals surface area contributed by atoms with E-state index in [0.29, 0.717) is 4.47 Å². The third-order valence-electron chi connectivity index (χ3n) is 2.54. The Bertz CT molecular complexity index is 762. The summed E-state index contributed by atoms with van der Waals surface area (Å²) in [4.78, 5) is -0.0486. The molecule has 0 aliphatic rings. The number of nitrogen functional groups attached to an aromatic ring is 1. The van der Waals surface area contributed by atoms with Crippen LogP contribution >= 0.6 is 15.9 Å². The molecule has 0 unspecified atom stereocenters. The highest BCUT2D eigenvalue weighted by Crippen LogP contribution is 2.34. The topological polar surface area (TPSA) is 69.4 Å². The molecule has 2 rings (SSSR count). The van der Waals surface area contributed by atoms with E-state index < -0.39 is 15.7 Å². The van der Waals surface area contributed by atoms with Gasteiger partial charge in [0.25, 0.3) is 0 Å². The second kappa shape index (κ2) is 5.41. The Hall–Kier alpha value is -1.60. The fourth-order valence-corrected chi connectivity index (χ4v) is 2.77. The van der Waals surface area contributed by atoms with Crippen LogP contribution in [0.15, 0.2) is 45.8 Å². The summed E-state index contributed by atoms with van der Waals surface area (Å²) in [6.45, 7) is 0. The van der Waals surface area contributed by atoms with Crippen LogP contribution in [0.1, 0.15) is 0 Å². The first kappa shape index (κ1) is 14.8. The molecule has 0 heterocycles. The summed E-state index contributed by atoms with van der Waals surface area (Å²) >= 11 is 3.13. The number of halogens is 2. The van der Waals surface area contributed by atoms with Gasteiger partial charge in [-0.15, -0.1) is 0 Å². The van der Waals surface area contributed by atoms with Crippen LogP contribution in [0.25, 0.3) is 0 Å². The molecular weight excluding hydrogens is 349 g/mol. The fraction of sp³-hybridized carbons (Fsp3) is 0.0769. The van der Waals surface area contributed by atoms with Crippen molar-refractivity contribution in [2.45, 2.75) is 4.90 Å². The van der Waals surface area contributed by atoms with Crippen molar-refractivity contribution in [3.05, 3.63) is 46.7 Å². The Balaban J connectivity index is 2.45. The monoisotopic (exact) mass is 359 g/mol. The van der Waals surface area contributed by atoms with E-state index in [1.165, 1.54) is 30.3 Å². The molecule has 0 radical (unpaired) electrons. The molecule has 0 atom stereocenters. The van der Waals surface area contributed by atoms with Crippen molar-refractivity contribution in [2.75, 3.05) is 12.0 Å². The predicted molar refractivity (Wildman–Crippen MR) is 78.1 cm³/mol. The second-order valence-electron chi connectivity index (χ2n) is 4.12. The minimum atomic E-state index is -3.47. The molecule has 0 saturated heterocycles. The summed E-state index contributed by atoms with van der Waals surface area (Å²) in [5.74, 6) is -0.525. The summed E-state index contributed by atoms with van der Waals surface area (Å²) < 4.78 is 42.7. The largest absolute Gasteiger partial charge is 0.452 e. The van der Waals surface area contributed by atoms with Crippen LogP contribution in [0, 0.1) is 5.82 Å². The molecule has 2 N–H and O–H groups in total. The van der Waals surface area contributed by atoms with Crippen molar-refractivity contribution in [1.29, 1.82) is 0 Å². The smallest absolute Gasteiger partial charge is 0.177 e. The lowest BCUT2D eigenvalue weighted by Crippen LogP contribution is -2.04. The first-order valence-corrected chi connectivity index (χ1v) is 8.19. The number of sulfone groups is 1. The van der Waals surface area contributed by atoms with E-state index in [-0.39, 0.29) is 22.1 Å². The minimum absolute atomic E-state index is 0.0365. The highest BCUT2D eigenvalue weighted by Gasteiger charge is 2.16. The Labute approximate surface area is 124 Å². The summed E-state index contributed by atoms with van der Waals surface area (Å²) in [7, 11) is -3.47. The Morgan fingerprint density at radius 2 is 1.90 bits per heavy atom. The minimum Gasteiger partial charge on any atom is -0.452 e. The Morgan fingerprint density at radius 1 is 1.20 bits per heavy atom. The van der Waals surface area contributed by atoms with Gasteiger partial charge in [0.2, 0.25) is 0 Å². The molecule has 7 heteroatoms. The highest BCUT2D eigenvalue weighted by atomic mass is 79.9. The third-order valence-corrected chi connectivity index (χ3v) is 4.19. The molecule has 2 aromatic carbocycles. The number of rotatable bonds is 3. The summed E-state index contributed by atoms with van der Waals surface area (Å²) in [5, 5.41) is 0. The van der Waals surface area contributed by atoms with Gasteiger partial charge < -0.3 is 10.5 Å². The number of para-hydroxylation sites is 1. The molecular formula is C13H11BrFNO3S. The molecule has 2 aromatic rings. The van der Waals surface area contributed by atoms with Gasteiger partial charge in [-0.05, 0) is 30.3 Å². The van der Waals surface area contributed by atoms with Gasteiger partial charge in [0.15, 0.2) is 27.2 Å². The van der Waals surface area contributed by atoms with Crippen LogP contribution in [0.3, 0.4) is 0 Å². The van der Waals surface area contributed by atoms with Crippen LogP contribution in [0.4, 0.5) is 10.1 Å². The lowest BCUT2D eigenvalue weighted by molar-refractivity contribution is 0.443. The van der Waals surface area contributed by atoms with Crippen LogP contribution in [0.2, 0.25) is 0 Å². The molecule has 106 valence electrons. The van der Waals surface area contributed by atoms with Gasteiger partial charge in [0, 0.05) is 10.7 Å². The van der Waals surface area contributed by atoms with Crippen molar-refractivity contribution in [3.63, 3.8) is 0 Å². The van der Waals surface area contributed by atoms with E-state index in [0.717, 1.165) is 6.26 Å². The third kappa shape index (κ3) is 3.10. The molecule has 0 saturated carbocycles. The lowest BCUT2D eigenvalue weighted by atomic mass is 10.3. The average Bonchev–Trinajstić information content (AvgIpc) is 2.33. The number of nitrogens with two attached hydrogens (primary N) is 1. The van der Waals surface area contributed by atoms with Crippen LogP contribution in [0.5, 0.6) is 11.5 Å². The molecule has 0 amide bonds. The maximum atomic E-state index is 13.7. The zero-order chi connectivity index (χ0) is 14.9. The summed E-state index contributed by atoms with van der Waals surface area (Å²) in [6.07, 6.45) is 1.04. The van der Waals surface area contributed by atoms with Gasteiger partial charge in [-0.2, -0.15) is 0 Å². The molecule has 0 bridgehead atoms. The zero-order valence-corrected chi connectivity index (χ0v) is 12.8. The molecule has 0 spiro atoms. The summed E-state index contributed by atoms with van der Waals surface area (Å²) in [5.41, 5.74) is 5.72. The molecule has 20 heavy (non-hydrogen) atoms. The van der Waals surface area contributed by atoms with E-state index in [1.54, 1.807) is 6.07 Å². The van der Waals surface area contributed by atoms with E-state index in [2.05, 4.69) is 15.9 Å². The number of benzene rings is 2. The van der Waals surface area contributed by atoms with Crippen molar-refractivity contribution >= 4 is 31.5 Å². The number of ether oxygens (including phenoxy) is 1. The average molecular weight is 360 g/mol. The normalized spacial score (nSPS) is 11.3. The quantitative estimate of drug-likeness (QED) is 0.853. The van der Waals surface area contributed by atoms with Gasteiger partial charge >= 0.3 is 0 Å².